The van der Waals surface area contributed by atoms with Gasteiger partial charge < -0.3 is 5.11 Å². The zero-order valence-corrected chi connectivity index (χ0v) is 12.7. The number of aromatic carboxylic acids is 1. The summed E-state index contributed by atoms with van der Waals surface area (Å²) < 4.78 is 0. The first kappa shape index (κ1) is 14.5. The highest BCUT2D eigenvalue weighted by Gasteiger charge is 2.35. The van der Waals surface area contributed by atoms with Gasteiger partial charge in [-0.05, 0) is 57.0 Å². The van der Waals surface area contributed by atoms with Crippen molar-refractivity contribution >= 4 is 5.97 Å². The molecule has 2 saturated heterocycles. The second kappa shape index (κ2) is 6.16. The Labute approximate surface area is 126 Å². The molecular formula is C17H24N2O2. The summed E-state index contributed by atoms with van der Waals surface area (Å²) in [4.78, 5) is 16.2. The molecule has 4 heteroatoms. The first-order chi connectivity index (χ1) is 10.1. The third-order valence-electron chi connectivity index (χ3n) is 5.01. The monoisotopic (exact) mass is 288 g/mol. The van der Waals surface area contributed by atoms with Gasteiger partial charge in [-0.25, -0.2) is 4.79 Å². The predicted octanol–water partition coefficient (Wildman–Crippen LogP) is 2.44. The summed E-state index contributed by atoms with van der Waals surface area (Å²) in [5.74, 6) is -0.846. The third kappa shape index (κ3) is 3.11. The molecule has 1 N–H and O–H groups in total. The Hall–Kier alpha value is -1.39. The summed E-state index contributed by atoms with van der Waals surface area (Å²) in [5.41, 5.74) is 1.49. The number of nitrogens with zero attached hydrogens (tertiary/aromatic N) is 2. The van der Waals surface area contributed by atoms with Crippen LogP contribution in [0, 0.1) is 0 Å². The van der Waals surface area contributed by atoms with Gasteiger partial charge in [-0.2, -0.15) is 0 Å². The first-order valence-corrected chi connectivity index (χ1v) is 7.95. The lowest BCUT2D eigenvalue weighted by Crippen LogP contribution is -2.41. The molecular weight excluding hydrogens is 264 g/mol. The average molecular weight is 288 g/mol. The third-order valence-corrected chi connectivity index (χ3v) is 5.01. The van der Waals surface area contributed by atoms with Crippen LogP contribution in [0.4, 0.5) is 0 Å². The van der Waals surface area contributed by atoms with E-state index in [1.54, 1.807) is 12.1 Å². The molecule has 0 aromatic heterocycles. The van der Waals surface area contributed by atoms with E-state index >= 15 is 0 Å². The first-order valence-electron chi connectivity index (χ1n) is 7.95. The van der Waals surface area contributed by atoms with Gasteiger partial charge in [-0.3, -0.25) is 9.80 Å². The number of hydrogen-bond acceptors (Lipinski definition) is 3. The Morgan fingerprint density at radius 2 is 2.05 bits per heavy atom. The lowest BCUT2D eigenvalue weighted by atomic mass is 10.1. The van der Waals surface area contributed by atoms with Crippen molar-refractivity contribution in [3.05, 3.63) is 35.4 Å². The molecule has 0 spiro atoms. The van der Waals surface area contributed by atoms with Crippen LogP contribution >= 0.6 is 0 Å². The molecule has 0 radical (unpaired) electrons. The Bertz CT molecular complexity index is 511. The minimum atomic E-state index is -0.846. The van der Waals surface area contributed by atoms with E-state index in [0.717, 1.165) is 18.7 Å². The lowest BCUT2D eigenvalue weighted by Gasteiger charge is -2.30. The Balaban J connectivity index is 1.65. The molecule has 1 aromatic rings. The van der Waals surface area contributed by atoms with Crippen molar-refractivity contribution in [1.82, 2.24) is 9.80 Å². The second-order valence-corrected chi connectivity index (χ2v) is 6.32. The van der Waals surface area contributed by atoms with Crippen molar-refractivity contribution in [2.24, 2.45) is 0 Å². The van der Waals surface area contributed by atoms with E-state index in [2.05, 4.69) is 16.7 Å². The van der Waals surface area contributed by atoms with E-state index in [4.69, 9.17) is 5.11 Å². The smallest absolute Gasteiger partial charge is 0.335 e. The minimum absolute atomic E-state index is 0.385. The Kier molecular flexibility index (Phi) is 4.27. The number of hydrogen-bond donors (Lipinski definition) is 1. The SMILES string of the molecule is CC1C(N2CCCC2)CCN1Cc1cccc(C(=O)O)c1. The highest BCUT2D eigenvalue weighted by Crippen LogP contribution is 2.27. The van der Waals surface area contributed by atoms with Gasteiger partial charge in [0.25, 0.3) is 0 Å². The normalized spacial score (nSPS) is 27.3. The van der Waals surface area contributed by atoms with Crippen LogP contribution in [0.1, 0.15) is 42.1 Å². The van der Waals surface area contributed by atoms with Crippen molar-refractivity contribution in [3.8, 4) is 0 Å². The highest BCUT2D eigenvalue weighted by atomic mass is 16.4. The topological polar surface area (TPSA) is 43.8 Å². The molecule has 0 amide bonds. The van der Waals surface area contributed by atoms with Gasteiger partial charge in [-0.1, -0.05) is 12.1 Å². The molecule has 2 aliphatic heterocycles. The molecule has 0 saturated carbocycles. The lowest BCUT2D eigenvalue weighted by molar-refractivity contribution is 0.0696. The fraction of sp³-hybridized carbons (Fsp3) is 0.588. The number of rotatable bonds is 4. The zero-order valence-electron chi connectivity index (χ0n) is 12.7. The van der Waals surface area contributed by atoms with Crippen molar-refractivity contribution < 1.29 is 9.90 Å². The number of likely N-dealkylation sites (tertiary alicyclic amines) is 2. The molecule has 2 fully saturated rings. The van der Waals surface area contributed by atoms with E-state index in [0.29, 0.717) is 17.6 Å². The predicted molar refractivity (Wildman–Crippen MR) is 82.5 cm³/mol. The van der Waals surface area contributed by atoms with E-state index in [9.17, 15) is 4.79 Å². The van der Waals surface area contributed by atoms with Crippen molar-refractivity contribution in [1.29, 1.82) is 0 Å². The van der Waals surface area contributed by atoms with Crippen LogP contribution in [0.25, 0.3) is 0 Å². The van der Waals surface area contributed by atoms with Gasteiger partial charge in [0.1, 0.15) is 0 Å². The number of carboxylic acid groups (broad SMARTS) is 1. The van der Waals surface area contributed by atoms with Crippen LogP contribution in [0.2, 0.25) is 0 Å². The van der Waals surface area contributed by atoms with Crippen molar-refractivity contribution in [3.63, 3.8) is 0 Å². The summed E-state index contributed by atoms with van der Waals surface area (Å²) in [7, 11) is 0. The van der Waals surface area contributed by atoms with Gasteiger partial charge in [0.2, 0.25) is 0 Å². The van der Waals surface area contributed by atoms with Crippen molar-refractivity contribution in [2.75, 3.05) is 19.6 Å². The standard InChI is InChI=1S/C17H24N2O2/c1-13-16(18-8-2-3-9-18)7-10-19(13)12-14-5-4-6-15(11-14)17(20)21/h4-6,11,13,16H,2-3,7-10,12H2,1H3,(H,20,21). The molecule has 2 unspecified atom stereocenters. The molecule has 2 aliphatic rings. The van der Waals surface area contributed by atoms with Gasteiger partial charge >= 0.3 is 5.97 Å². The van der Waals surface area contributed by atoms with Gasteiger partial charge in [0.15, 0.2) is 0 Å². The van der Waals surface area contributed by atoms with E-state index in [-0.39, 0.29) is 0 Å². The summed E-state index contributed by atoms with van der Waals surface area (Å²) >= 11 is 0. The highest BCUT2D eigenvalue weighted by molar-refractivity contribution is 5.87. The molecule has 0 aliphatic carbocycles. The number of carboxylic acids is 1. The van der Waals surface area contributed by atoms with Crippen LogP contribution in [0.3, 0.4) is 0 Å². The van der Waals surface area contributed by atoms with Crippen LogP contribution in [-0.4, -0.2) is 52.6 Å². The van der Waals surface area contributed by atoms with E-state index < -0.39 is 5.97 Å². The van der Waals surface area contributed by atoms with E-state index in [1.165, 1.54) is 32.4 Å². The van der Waals surface area contributed by atoms with Gasteiger partial charge in [0.05, 0.1) is 5.56 Å². The molecule has 114 valence electrons. The van der Waals surface area contributed by atoms with Gasteiger partial charge in [0, 0.05) is 25.2 Å². The maximum atomic E-state index is 11.1. The van der Waals surface area contributed by atoms with Gasteiger partial charge in [-0.15, -0.1) is 0 Å². The average Bonchev–Trinajstić information content (AvgIpc) is 3.10. The Morgan fingerprint density at radius 3 is 2.76 bits per heavy atom. The van der Waals surface area contributed by atoms with Crippen LogP contribution in [0.15, 0.2) is 24.3 Å². The summed E-state index contributed by atoms with van der Waals surface area (Å²) in [6, 6.07) is 8.57. The number of benzene rings is 1. The summed E-state index contributed by atoms with van der Waals surface area (Å²) in [6.45, 7) is 6.78. The maximum Gasteiger partial charge on any atom is 0.335 e. The molecule has 21 heavy (non-hydrogen) atoms. The molecule has 2 atom stereocenters. The molecule has 1 aromatic carbocycles. The van der Waals surface area contributed by atoms with Crippen LogP contribution in [0.5, 0.6) is 0 Å². The van der Waals surface area contributed by atoms with E-state index in [1.807, 2.05) is 12.1 Å². The quantitative estimate of drug-likeness (QED) is 0.924. The van der Waals surface area contributed by atoms with Crippen molar-refractivity contribution in [2.45, 2.75) is 44.8 Å². The molecule has 4 nitrogen and oxygen atoms in total. The minimum Gasteiger partial charge on any atom is -0.478 e. The van der Waals surface area contributed by atoms with Crippen LogP contribution < -0.4 is 0 Å². The molecule has 2 heterocycles. The Morgan fingerprint density at radius 1 is 1.29 bits per heavy atom. The maximum absolute atomic E-state index is 11.1. The summed E-state index contributed by atoms with van der Waals surface area (Å²) in [5, 5.41) is 9.09. The molecule has 3 rings (SSSR count). The molecule has 0 bridgehead atoms. The fourth-order valence-corrected chi connectivity index (χ4v) is 3.81. The summed E-state index contributed by atoms with van der Waals surface area (Å²) in [6.07, 6.45) is 3.91. The fourth-order valence-electron chi connectivity index (χ4n) is 3.81. The number of carbonyl (C=O) groups is 1. The zero-order chi connectivity index (χ0) is 14.8. The largest absolute Gasteiger partial charge is 0.478 e. The second-order valence-electron chi connectivity index (χ2n) is 6.32. The van der Waals surface area contributed by atoms with Crippen LogP contribution in [-0.2, 0) is 6.54 Å².